The molecule has 0 saturated carbocycles. The Hall–Kier alpha value is -6.78. The standard InChI is InChI=1S/C59H58BN3/c1-40(2)45-36-53(41(3)4)59(54(37-45)42(5)6)60-55-34-32-51(61(46-18-12-9-13-19-46)49-28-24-43(7)25-29-49)38-57(55)63(48-22-16-11-17-23-48)58-39-52(33-35-56(58)60)62(47-20-14-10-15-21-47)50-30-26-44(8)27-31-50/h9-42H,1-8H3. The van der Waals surface area contributed by atoms with Gasteiger partial charge in [-0.15, -0.1) is 0 Å². The van der Waals surface area contributed by atoms with E-state index in [0.29, 0.717) is 17.8 Å². The molecule has 8 aromatic carbocycles. The highest BCUT2D eigenvalue weighted by molar-refractivity contribution is 6.98. The highest BCUT2D eigenvalue weighted by Gasteiger charge is 2.39. The molecule has 0 aromatic heterocycles. The molecule has 1 aliphatic rings. The van der Waals surface area contributed by atoms with Crippen LogP contribution in [0, 0.1) is 13.8 Å². The van der Waals surface area contributed by atoms with Crippen molar-refractivity contribution in [1.82, 2.24) is 0 Å². The molecule has 0 aliphatic carbocycles. The van der Waals surface area contributed by atoms with Crippen molar-refractivity contribution in [3.05, 3.63) is 216 Å². The first-order valence-electron chi connectivity index (χ1n) is 22.7. The van der Waals surface area contributed by atoms with Gasteiger partial charge < -0.3 is 14.7 Å². The summed E-state index contributed by atoms with van der Waals surface area (Å²) < 4.78 is 0. The quantitative estimate of drug-likeness (QED) is 0.120. The number of nitrogens with zero attached hydrogens (tertiary/aromatic N) is 3. The average Bonchev–Trinajstić information content (AvgIpc) is 3.30. The molecule has 312 valence electrons. The minimum absolute atomic E-state index is 0.0109. The average molecular weight is 820 g/mol. The van der Waals surface area contributed by atoms with Gasteiger partial charge in [-0.25, -0.2) is 0 Å². The van der Waals surface area contributed by atoms with Crippen molar-refractivity contribution in [2.24, 2.45) is 0 Å². The lowest BCUT2D eigenvalue weighted by molar-refractivity contribution is 0.812. The van der Waals surface area contributed by atoms with Gasteiger partial charge in [0.25, 0.3) is 0 Å². The fourth-order valence-corrected chi connectivity index (χ4v) is 9.46. The predicted molar refractivity (Wildman–Crippen MR) is 273 cm³/mol. The summed E-state index contributed by atoms with van der Waals surface area (Å²) in [6.07, 6.45) is 0. The van der Waals surface area contributed by atoms with Crippen molar-refractivity contribution in [3.63, 3.8) is 0 Å². The van der Waals surface area contributed by atoms with Crippen molar-refractivity contribution >= 4 is 74.3 Å². The normalized spacial score (nSPS) is 12.2. The van der Waals surface area contributed by atoms with E-state index in [1.165, 1.54) is 55.6 Å². The van der Waals surface area contributed by atoms with Gasteiger partial charge in [0.05, 0.1) is 0 Å². The van der Waals surface area contributed by atoms with Crippen LogP contribution in [0.15, 0.2) is 188 Å². The zero-order valence-electron chi connectivity index (χ0n) is 38.0. The summed E-state index contributed by atoms with van der Waals surface area (Å²) in [5.41, 5.74) is 21.0. The summed E-state index contributed by atoms with van der Waals surface area (Å²) in [4.78, 5) is 7.32. The summed E-state index contributed by atoms with van der Waals surface area (Å²) in [7, 11) is 0. The van der Waals surface area contributed by atoms with E-state index in [1.54, 1.807) is 0 Å². The van der Waals surface area contributed by atoms with E-state index < -0.39 is 0 Å². The van der Waals surface area contributed by atoms with Crippen LogP contribution in [0.25, 0.3) is 0 Å². The van der Waals surface area contributed by atoms with Gasteiger partial charge in [0, 0.05) is 51.2 Å². The number of anilines is 9. The van der Waals surface area contributed by atoms with E-state index in [1.807, 2.05) is 0 Å². The Balaban J connectivity index is 1.37. The molecule has 4 heteroatoms. The molecule has 8 aromatic rings. The van der Waals surface area contributed by atoms with Crippen LogP contribution in [0.2, 0.25) is 0 Å². The van der Waals surface area contributed by atoms with Gasteiger partial charge in [-0.2, -0.15) is 0 Å². The van der Waals surface area contributed by atoms with Gasteiger partial charge in [-0.1, -0.05) is 161 Å². The third kappa shape index (κ3) is 8.07. The molecule has 0 atom stereocenters. The summed E-state index contributed by atoms with van der Waals surface area (Å²) in [5, 5.41) is 0. The zero-order chi connectivity index (χ0) is 43.8. The van der Waals surface area contributed by atoms with Crippen molar-refractivity contribution in [1.29, 1.82) is 0 Å². The molecule has 0 amide bonds. The molecular weight excluding hydrogens is 761 g/mol. The highest BCUT2D eigenvalue weighted by atomic mass is 15.2. The van der Waals surface area contributed by atoms with E-state index in [9.17, 15) is 0 Å². The number of fused-ring (bicyclic) bond motifs is 2. The highest BCUT2D eigenvalue weighted by Crippen LogP contribution is 2.44. The maximum Gasteiger partial charge on any atom is 0.247 e. The van der Waals surface area contributed by atoms with Gasteiger partial charge in [-0.05, 0) is 144 Å². The van der Waals surface area contributed by atoms with Gasteiger partial charge in [0.1, 0.15) is 0 Å². The minimum atomic E-state index is -0.0109. The Kier molecular flexibility index (Phi) is 11.6. The molecule has 3 nitrogen and oxygen atoms in total. The van der Waals surface area contributed by atoms with Gasteiger partial charge >= 0.3 is 0 Å². The van der Waals surface area contributed by atoms with Gasteiger partial charge in [-0.3, -0.25) is 0 Å². The topological polar surface area (TPSA) is 9.72 Å². The van der Waals surface area contributed by atoms with Gasteiger partial charge in [0.2, 0.25) is 6.71 Å². The van der Waals surface area contributed by atoms with Crippen molar-refractivity contribution in [2.45, 2.75) is 73.1 Å². The van der Waals surface area contributed by atoms with Crippen LogP contribution in [0.4, 0.5) is 51.2 Å². The first-order chi connectivity index (χ1) is 30.6. The zero-order valence-corrected chi connectivity index (χ0v) is 38.0. The molecule has 0 N–H and O–H groups in total. The van der Waals surface area contributed by atoms with E-state index in [-0.39, 0.29) is 6.71 Å². The van der Waals surface area contributed by atoms with E-state index in [4.69, 9.17) is 0 Å². The number of para-hydroxylation sites is 3. The maximum absolute atomic E-state index is 2.53. The SMILES string of the molecule is Cc1ccc(N(c2ccccc2)c2ccc3c(c2)N(c2ccccc2)c2cc(N(c4ccccc4)c4ccc(C)cc4)ccc2B3c2c(C(C)C)cc(C(C)C)cc2C(C)C)cc1. The Labute approximate surface area is 376 Å². The summed E-state index contributed by atoms with van der Waals surface area (Å²) in [6, 6.07) is 69.8. The minimum Gasteiger partial charge on any atom is -0.311 e. The molecule has 63 heavy (non-hydrogen) atoms. The lowest BCUT2D eigenvalue weighted by Crippen LogP contribution is -2.59. The Bertz CT molecular complexity index is 2660. The maximum atomic E-state index is 2.53. The van der Waals surface area contributed by atoms with Crippen molar-refractivity contribution in [3.8, 4) is 0 Å². The first kappa shape index (κ1) is 41.6. The molecule has 0 bridgehead atoms. The Morgan fingerprint density at radius 3 is 1.13 bits per heavy atom. The molecule has 0 unspecified atom stereocenters. The largest absolute Gasteiger partial charge is 0.311 e. The van der Waals surface area contributed by atoms with E-state index >= 15 is 0 Å². The molecule has 0 spiro atoms. The summed E-state index contributed by atoms with van der Waals surface area (Å²) in [6.45, 7) is 18.4. The van der Waals surface area contributed by atoms with E-state index in [2.05, 4.69) is 258 Å². The van der Waals surface area contributed by atoms with Crippen molar-refractivity contribution < 1.29 is 0 Å². The third-order valence-electron chi connectivity index (χ3n) is 12.7. The van der Waals surface area contributed by atoms with Crippen LogP contribution < -0.4 is 31.1 Å². The summed E-state index contributed by atoms with van der Waals surface area (Å²) in [5.74, 6) is 1.09. The molecule has 0 radical (unpaired) electrons. The second-order valence-electron chi connectivity index (χ2n) is 18.2. The monoisotopic (exact) mass is 819 g/mol. The second-order valence-corrected chi connectivity index (χ2v) is 18.2. The number of benzene rings is 8. The van der Waals surface area contributed by atoms with Crippen LogP contribution in [-0.4, -0.2) is 6.71 Å². The van der Waals surface area contributed by atoms with Gasteiger partial charge in [0.15, 0.2) is 0 Å². The van der Waals surface area contributed by atoms with Crippen LogP contribution in [0.3, 0.4) is 0 Å². The van der Waals surface area contributed by atoms with Crippen molar-refractivity contribution in [2.75, 3.05) is 14.7 Å². The second kappa shape index (κ2) is 17.5. The smallest absolute Gasteiger partial charge is 0.247 e. The Morgan fingerprint density at radius 2 is 0.746 bits per heavy atom. The van der Waals surface area contributed by atoms with Crippen LogP contribution in [0.5, 0.6) is 0 Å². The molecular formula is C59H58BN3. The lowest BCUT2D eigenvalue weighted by Gasteiger charge is -2.40. The number of rotatable bonds is 11. The molecule has 9 rings (SSSR count). The third-order valence-corrected chi connectivity index (χ3v) is 12.7. The fraction of sp³-hybridized carbons (Fsp3) is 0.186. The predicted octanol–water partition coefficient (Wildman–Crippen LogP) is 14.9. The van der Waals surface area contributed by atoms with Crippen LogP contribution in [-0.2, 0) is 0 Å². The first-order valence-corrected chi connectivity index (χ1v) is 22.7. The molecule has 0 saturated heterocycles. The Morgan fingerprint density at radius 1 is 0.381 bits per heavy atom. The molecule has 1 heterocycles. The molecule has 1 aliphatic heterocycles. The lowest BCUT2D eigenvalue weighted by atomic mass is 9.33. The number of hydrogen-bond acceptors (Lipinski definition) is 3. The molecule has 0 fully saturated rings. The van der Waals surface area contributed by atoms with E-state index in [0.717, 1.165) is 39.8 Å². The fourth-order valence-electron chi connectivity index (χ4n) is 9.46. The van der Waals surface area contributed by atoms with Crippen LogP contribution in [0.1, 0.15) is 87.1 Å². The number of hydrogen-bond donors (Lipinski definition) is 0. The van der Waals surface area contributed by atoms with Crippen LogP contribution >= 0.6 is 0 Å². The summed E-state index contributed by atoms with van der Waals surface area (Å²) >= 11 is 0. The number of aryl methyl sites for hydroxylation is 2.